The molecule has 1 atom stereocenters. The largest absolute Gasteiger partial charge is 0.496 e. The van der Waals surface area contributed by atoms with Crippen LogP contribution in [-0.2, 0) is 17.8 Å². The Morgan fingerprint density at radius 2 is 1.92 bits per heavy atom. The fraction of sp³-hybridized carbons (Fsp3) is 0.409. The van der Waals surface area contributed by atoms with E-state index in [1.165, 1.54) is 5.56 Å². The Balaban J connectivity index is 1.93. The van der Waals surface area contributed by atoms with Crippen LogP contribution >= 0.6 is 0 Å². The molecule has 0 aromatic heterocycles. The Bertz CT molecular complexity index is 685. The van der Waals surface area contributed by atoms with Crippen LogP contribution in [0.5, 0.6) is 5.75 Å². The van der Waals surface area contributed by atoms with E-state index in [1.807, 2.05) is 37.3 Å². The van der Waals surface area contributed by atoms with Gasteiger partial charge in [0.25, 0.3) is 5.91 Å². The van der Waals surface area contributed by atoms with E-state index in [1.54, 1.807) is 13.2 Å². The molecule has 2 rings (SSSR count). The van der Waals surface area contributed by atoms with E-state index in [2.05, 4.69) is 24.4 Å². The molecule has 0 heterocycles. The minimum atomic E-state index is -0.0649. The van der Waals surface area contributed by atoms with Crippen molar-refractivity contribution >= 4 is 5.91 Å². The van der Waals surface area contributed by atoms with Crippen LogP contribution in [0.15, 0.2) is 48.5 Å². The lowest BCUT2D eigenvalue weighted by molar-refractivity contribution is 0.0937. The first-order valence-corrected chi connectivity index (χ1v) is 9.23. The van der Waals surface area contributed by atoms with Crippen LogP contribution < -0.4 is 10.1 Å². The Labute approximate surface area is 156 Å². The van der Waals surface area contributed by atoms with Gasteiger partial charge in [-0.25, -0.2) is 0 Å². The zero-order chi connectivity index (χ0) is 18.8. The molecule has 2 aromatic rings. The van der Waals surface area contributed by atoms with Crippen molar-refractivity contribution in [3.63, 3.8) is 0 Å². The summed E-state index contributed by atoms with van der Waals surface area (Å²) in [5.74, 6) is 0.680. The molecule has 0 saturated heterocycles. The van der Waals surface area contributed by atoms with Gasteiger partial charge in [-0.1, -0.05) is 37.3 Å². The van der Waals surface area contributed by atoms with Crippen LogP contribution in [0.25, 0.3) is 0 Å². The summed E-state index contributed by atoms with van der Waals surface area (Å²) < 4.78 is 11.0. The molecule has 0 aliphatic heterocycles. The van der Waals surface area contributed by atoms with Crippen molar-refractivity contribution in [1.29, 1.82) is 0 Å². The molecule has 140 valence electrons. The Morgan fingerprint density at radius 1 is 1.15 bits per heavy atom. The Hall–Kier alpha value is -2.33. The zero-order valence-electron chi connectivity index (χ0n) is 16.0. The molecule has 0 aliphatic rings. The number of benzene rings is 2. The van der Waals surface area contributed by atoms with E-state index in [4.69, 9.17) is 9.47 Å². The van der Waals surface area contributed by atoms with Gasteiger partial charge in [0.15, 0.2) is 0 Å². The summed E-state index contributed by atoms with van der Waals surface area (Å²) in [6.07, 6.45) is 2.81. The van der Waals surface area contributed by atoms with Crippen LogP contribution in [0.1, 0.15) is 48.2 Å². The summed E-state index contributed by atoms with van der Waals surface area (Å²) in [5, 5.41) is 3.08. The number of aryl methyl sites for hydroxylation is 1. The number of carbonyl (C=O) groups is 1. The second-order valence-electron chi connectivity index (χ2n) is 6.48. The van der Waals surface area contributed by atoms with Crippen LogP contribution in [0.2, 0.25) is 0 Å². The van der Waals surface area contributed by atoms with Gasteiger partial charge in [-0.2, -0.15) is 0 Å². The fourth-order valence-corrected chi connectivity index (χ4v) is 2.77. The highest BCUT2D eigenvalue weighted by Gasteiger charge is 2.13. The molecule has 26 heavy (non-hydrogen) atoms. The van der Waals surface area contributed by atoms with E-state index in [0.29, 0.717) is 18.8 Å². The number of carbonyl (C=O) groups excluding carboxylic acids is 1. The van der Waals surface area contributed by atoms with Crippen molar-refractivity contribution in [3.8, 4) is 5.75 Å². The number of rotatable bonds is 10. The summed E-state index contributed by atoms with van der Waals surface area (Å²) >= 11 is 0. The van der Waals surface area contributed by atoms with Crippen molar-refractivity contribution in [1.82, 2.24) is 5.32 Å². The molecule has 0 aliphatic carbocycles. The van der Waals surface area contributed by atoms with Gasteiger partial charge in [0, 0.05) is 23.8 Å². The first-order chi connectivity index (χ1) is 12.6. The normalized spacial score (nSPS) is 11.8. The average molecular weight is 355 g/mol. The molecule has 0 spiro atoms. The monoisotopic (exact) mass is 355 g/mol. The maximum atomic E-state index is 12.6. The Kier molecular flexibility index (Phi) is 8.16. The van der Waals surface area contributed by atoms with E-state index < -0.39 is 0 Å². The number of amides is 1. The zero-order valence-corrected chi connectivity index (χ0v) is 16.0. The fourth-order valence-electron chi connectivity index (χ4n) is 2.77. The second kappa shape index (κ2) is 10.6. The lowest BCUT2D eigenvalue weighted by Crippen LogP contribution is -2.33. The molecule has 1 amide bonds. The molecule has 1 N–H and O–H groups in total. The topological polar surface area (TPSA) is 47.6 Å². The molecule has 0 unspecified atom stereocenters. The maximum Gasteiger partial charge on any atom is 0.251 e. The number of ether oxygens (including phenoxy) is 2. The highest BCUT2D eigenvalue weighted by atomic mass is 16.5. The number of hydrogen-bond acceptors (Lipinski definition) is 3. The maximum absolute atomic E-state index is 12.6. The van der Waals surface area contributed by atoms with Gasteiger partial charge in [0.1, 0.15) is 5.75 Å². The molecular formula is C22H29NO3. The van der Waals surface area contributed by atoms with E-state index in [9.17, 15) is 4.79 Å². The second-order valence-corrected chi connectivity index (χ2v) is 6.48. The van der Waals surface area contributed by atoms with Crippen molar-refractivity contribution in [2.24, 2.45) is 0 Å². The smallest absolute Gasteiger partial charge is 0.251 e. The molecule has 0 radical (unpaired) electrons. The molecule has 4 heteroatoms. The first-order valence-electron chi connectivity index (χ1n) is 9.23. The third kappa shape index (κ3) is 6.19. The minimum absolute atomic E-state index is 0.0649. The molecule has 2 aromatic carbocycles. The van der Waals surface area contributed by atoms with Crippen molar-refractivity contribution < 1.29 is 14.3 Å². The van der Waals surface area contributed by atoms with Gasteiger partial charge < -0.3 is 14.8 Å². The number of hydrogen-bond donors (Lipinski definition) is 1. The van der Waals surface area contributed by atoms with Crippen LogP contribution in [-0.4, -0.2) is 25.7 Å². The highest BCUT2D eigenvalue weighted by Crippen LogP contribution is 2.21. The summed E-state index contributed by atoms with van der Waals surface area (Å²) in [5.41, 5.74) is 2.81. The molecule has 4 nitrogen and oxygen atoms in total. The van der Waals surface area contributed by atoms with Gasteiger partial charge in [-0.3, -0.25) is 4.79 Å². The standard InChI is InChI=1S/C22H29NO3/c1-4-14-26-16-20-15-19(12-13-21(20)25-3)22(24)23-17(2)10-11-18-8-6-5-7-9-18/h5-9,12-13,15,17H,4,10-11,14,16H2,1-3H3,(H,23,24)/t17-/m0/s1. The number of methoxy groups -OCH3 is 1. The van der Waals surface area contributed by atoms with Crippen molar-refractivity contribution in [2.45, 2.75) is 45.8 Å². The third-order valence-corrected chi connectivity index (χ3v) is 4.23. The van der Waals surface area contributed by atoms with Gasteiger partial charge in [-0.15, -0.1) is 0 Å². The van der Waals surface area contributed by atoms with E-state index in [0.717, 1.165) is 30.6 Å². The van der Waals surface area contributed by atoms with Gasteiger partial charge in [0.05, 0.1) is 13.7 Å². The van der Waals surface area contributed by atoms with E-state index in [-0.39, 0.29) is 11.9 Å². The molecule has 0 fully saturated rings. The molecular weight excluding hydrogens is 326 g/mol. The highest BCUT2D eigenvalue weighted by molar-refractivity contribution is 5.94. The van der Waals surface area contributed by atoms with Gasteiger partial charge in [0.2, 0.25) is 0 Å². The van der Waals surface area contributed by atoms with Gasteiger partial charge >= 0.3 is 0 Å². The lowest BCUT2D eigenvalue weighted by atomic mass is 10.1. The van der Waals surface area contributed by atoms with Crippen LogP contribution in [0.3, 0.4) is 0 Å². The van der Waals surface area contributed by atoms with E-state index >= 15 is 0 Å². The summed E-state index contributed by atoms with van der Waals surface area (Å²) in [7, 11) is 1.63. The lowest BCUT2D eigenvalue weighted by Gasteiger charge is -2.15. The van der Waals surface area contributed by atoms with Crippen LogP contribution in [0.4, 0.5) is 0 Å². The Morgan fingerprint density at radius 3 is 2.62 bits per heavy atom. The quantitative estimate of drug-likeness (QED) is 0.644. The minimum Gasteiger partial charge on any atom is -0.496 e. The molecule has 0 saturated carbocycles. The summed E-state index contributed by atoms with van der Waals surface area (Å²) in [4.78, 5) is 12.6. The summed E-state index contributed by atoms with van der Waals surface area (Å²) in [6.45, 7) is 5.24. The average Bonchev–Trinajstić information content (AvgIpc) is 2.67. The van der Waals surface area contributed by atoms with Gasteiger partial charge in [-0.05, 0) is 49.9 Å². The first kappa shape index (κ1) is 20.0. The van der Waals surface area contributed by atoms with Crippen LogP contribution in [0, 0.1) is 0 Å². The predicted octanol–water partition coefficient (Wildman–Crippen LogP) is 4.37. The molecule has 0 bridgehead atoms. The summed E-state index contributed by atoms with van der Waals surface area (Å²) in [6, 6.07) is 15.9. The number of nitrogens with one attached hydrogen (secondary N) is 1. The third-order valence-electron chi connectivity index (χ3n) is 4.23. The SMILES string of the molecule is CCCOCc1cc(C(=O)N[C@@H](C)CCc2ccccc2)ccc1OC. The predicted molar refractivity (Wildman–Crippen MR) is 105 cm³/mol. The van der Waals surface area contributed by atoms with Crippen molar-refractivity contribution in [3.05, 3.63) is 65.2 Å². The van der Waals surface area contributed by atoms with Crippen molar-refractivity contribution in [2.75, 3.05) is 13.7 Å².